The van der Waals surface area contributed by atoms with Crippen molar-refractivity contribution in [2.75, 3.05) is 55.6 Å². The largest absolute Gasteiger partial charge is 0.354 e. The SMILES string of the molecule is Cc1cnn(CCN2CCN(c3cc(C)nc(N4CCCC4)n3)CC2)c1. The van der Waals surface area contributed by atoms with Crippen molar-refractivity contribution in [3.05, 3.63) is 29.7 Å². The van der Waals surface area contributed by atoms with Crippen LogP contribution in [0.4, 0.5) is 11.8 Å². The van der Waals surface area contributed by atoms with Crippen LogP contribution in [0.1, 0.15) is 24.1 Å². The van der Waals surface area contributed by atoms with Crippen molar-refractivity contribution in [2.24, 2.45) is 0 Å². The summed E-state index contributed by atoms with van der Waals surface area (Å²) in [6.45, 7) is 12.5. The van der Waals surface area contributed by atoms with E-state index >= 15 is 0 Å². The van der Waals surface area contributed by atoms with E-state index in [0.717, 1.165) is 69.8 Å². The molecule has 7 nitrogen and oxygen atoms in total. The van der Waals surface area contributed by atoms with E-state index in [1.54, 1.807) is 0 Å². The molecule has 2 saturated heterocycles. The number of aryl methyl sites for hydroxylation is 2. The number of anilines is 2. The number of hydrogen-bond donors (Lipinski definition) is 0. The fourth-order valence-electron chi connectivity index (χ4n) is 3.79. The standard InChI is InChI=1S/C19H29N7/c1-16-14-20-26(15-16)12-9-23-7-10-24(11-8-23)18-13-17(2)21-19(22-18)25-5-3-4-6-25/h13-15H,3-12H2,1-2H3. The van der Waals surface area contributed by atoms with E-state index in [2.05, 4.69) is 50.9 Å². The van der Waals surface area contributed by atoms with Crippen molar-refractivity contribution in [1.82, 2.24) is 24.6 Å². The van der Waals surface area contributed by atoms with Gasteiger partial charge in [0.1, 0.15) is 5.82 Å². The molecule has 2 aromatic heterocycles. The van der Waals surface area contributed by atoms with Crippen molar-refractivity contribution in [2.45, 2.75) is 33.2 Å². The molecule has 140 valence electrons. The van der Waals surface area contributed by atoms with Crippen molar-refractivity contribution in [3.8, 4) is 0 Å². The van der Waals surface area contributed by atoms with Crippen LogP contribution in [0, 0.1) is 13.8 Å². The Hall–Kier alpha value is -2.15. The highest BCUT2D eigenvalue weighted by atomic mass is 15.3. The molecule has 2 aliphatic heterocycles. The zero-order valence-corrected chi connectivity index (χ0v) is 15.9. The van der Waals surface area contributed by atoms with Crippen molar-refractivity contribution in [3.63, 3.8) is 0 Å². The van der Waals surface area contributed by atoms with Gasteiger partial charge in [0.15, 0.2) is 0 Å². The fourth-order valence-corrected chi connectivity index (χ4v) is 3.79. The zero-order valence-electron chi connectivity index (χ0n) is 15.9. The first-order valence-electron chi connectivity index (χ1n) is 9.74. The van der Waals surface area contributed by atoms with Crippen LogP contribution in [0.15, 0.2) is 18.5 Å². The molecule has 0 radical (unpaired) electrons. The third kappa shape index (κ3) is 3.98. The van der Waals surface area contributed by atoms with Crippen LogP contribution in [0.25, 0.3) is 0 Å². The summed E-state index contributed by atoms with van der Waals surface area (Å²) in [5.74, 6) is 2.00. The lowest BCUT2D eigenvalue weighted by Gasteiger charge is -2.35. The van der Waals surface area contributed by atoms with Crippen LogP contribution in [-0.2, 0) is 6.54 Å². The molecule has 2 fully saturated rings. The fraction of sp³-hybridized carbons (Fsp3) is 0.632. The maximum absolute atomic E-state index is 4.87. The molecule has 4 heterocycles. The Balaban J connectivity index is 1.34. The van der Waals surface area contributed by atoms with Gasteiger partial charge in [0.05, 0.1) is 12.7 Å². The van der Waals surface area contributed by atoms with Gasteiger partial charge in [0, 0.05) is 63.8 Å². The average Bonchev–Trinajstić information content (AvgIpc) is 3.32. The smallest absolute Gasteiger partial charge is 0.227 e. The molecular formula is C19H29N7. The number of rotatable bonds is 5. The van der Waals surface area contributed by atoms with Gasteiger partial charge < -0.3 is 9.80 Å². The summed E-state index contributed by atoms with van der Waals surface area (Å²) in [5, 5.41) is 4.38. The molecule has 2 aliphatic rings. The van der Waals surface area contributed by atoms with Crippen molar-refractivity contribution in [1.29, 1.82) is 0 Å². The summed E-state index contributed by atoms with van der Waals surface area (Å²) in [6.07, 6.45) is 6.54. The predicted molar refractivity (Wildman–Crippen MR) is 104 cm³/mol. The average molecular weight is 355 g/mol. The van der Waals surface area contributed by atoms with Gasteiger partial charge in [-0.05, 0) is 32.3 Å². The van der Waals surface area contributed by atoms with Gasteiger partial charge in [-0.2, -0.15) is 10.1 Å². The lowest BCUT2D eigenvalue weighted by Crippen LogP contribution is -2.47. The van der Waals surface area contributed by atoms with E-state index in [1.165, 1.54) is 18.4 Å². The molecule has 7 heteroatoms. The van der Waals surface area contributed by atoms with Gasteiger partial charge in [-0.25, -0.2) is 4.98 Å². The molecular weight excluding hydrogens is 326 g/mol. The monoisotopic (exact) mass is 355 g/mol. The van der Waals surface area contributed by atoms with Crippen LogP contribution in [0.3, 0.4) is 0 Å². The molecule has 26 heavy (non-hydrogen) atoms. The normalized spacial score (nSPS) is 18.7. The lowest BCUT2D eigenvalue weighted by molar-refractivity contribution is 0.244. The minimum Gasteiger partial charge on any atom is -0.354 e. The molecule has 0 N–H and O–H groups in total. The van der Waals surface area contributed by atoms with Gasteiger partial charge in [-0.15, -0.1) is 0 Å². The molecule has 0 aromatic carbocycles. The Kier molecular flexibility index (Phi) is 5.06. The molecule has 0 saturated carbocycles. The van der Waals surface area contributed by atoms with Crippen LogP contribution in [0.5, 0.6) is 0 Å². The molecule has 0 amide bonds. The Labute approximate surface area is 155 Å². The number of aromatic nitrogens is 4. The quantitative estimate of drug-likeness (QED) is 0.814. The van der Waals surface area contributed by atoms with E-state index in [-0.39, 0.29) is 0 Å². The first kappa shape index (κ1) is 17.3. The van der Waals surface area contributed by atoms with E-state index in [0.29, 0.717) is 0 Å². The number of nitrogens with zero attached hydrogens (tertiary/aromatic N) is 7. The maximum Gasteiger partial charge on any atom is 0.227 e. The van der Waals surface area contributed by atoms with Gasteiger partial charge in [0.25, 0.3) is 0 Å². The van der Waals surface area contributed by atoms with Crippen LogP contribution in [0.2, 0.25) is 0 Å². The molecule has 0 aliphatic carbocycles. The topological polar surface area (TPSA) is 53.3 Å². The summed E-state index contributed by atoms with van der Waals surface area (Å²) in [6, 6.07) is 2.13. The van der Waals surface area contributed by atoms with Crippen molar-refractivity contribution >= 4 is 11.8 Å². The van der Waals surface area contributed by atoms with Crippen LogP contribution < -0.4 is 9.80 Å². The third-order valence-electron chi connectivity index (χ3n) is 5.32. The van der Waals surface area contributed by atoms with E-state index in [1.807, 2.05) is 10.9 Å². The minimum absolute atomic E-state index is 0.911. The van der Waals surface area contributed by atoms with Crippen LogP contribution >= 0.6 is 0 Å². The predicted octanol–water partition coefficient (Wildman–Crippen LogP) is 1.71. The highest BCUT2D eigenvalue weighted by Gasteiger charge is 2.21. The first-order valence-corrected chi connectivity index (χ1v) is 9.74. The summed E-state index contributed by atoms with van der Waals surface area (Å²) in [4.78, 5) is 16.8. The van der Waals surface area contributed by atoms with Gasteiger partial charge >= 0.3 is 0 Å². The Morgan fingerprint density at radius 1 is 0.885 bits per heavy atom. The highest BCUT2D eigenvalue weighted by molar-refractivity contribution is 5.46. The first-order chi connectivity index (χ1) is 12.7. The van der Waals surface area contributed by atoms with Gasteiger partial charge in [-0.3, -0.25) is 9.58 Å². The molecule has 0 spiro atoms. The van der Waals surface area contributed by atoms with Crippen molar-refractivity contribution < 1.29 is 0 Å². The number of hydrogen-bond acceptors (Lipinski definition) is 6. The Bertz CT molecular complexity index is 727. The molecule has 0 atom stereocenters. The van der Waals surface area contributed by atoms with E-state index in [4.69, 9.17) is 4.98 Å². The third-order valence-corrected chi connectivity index (χ3v) is 5.32. The van der Waals surface area contributed by atoms with E-state index in [9.17, 15) is 0 Å². The zero-order chi connectivity index (χ0) is 17.9. The molecule has 0 unspecified atom stereocenters. The van der Waals surface area contributed by atoms with E-state index < -0.39 is 0 Å². The minimum atomic E-state index is 0.911. The summed E-state index contributed by atoms with van der Waals surface area (Å²) < 4.78 is 2.04. The summed E-state index contributed by atoms with van der Waals surface area (Å²) in [5.41, 5.74) is 2.29. The second kappa shape index (κ2) is 7.61. The van der Waals surface area contributed by atoms with Gasteiger partial charge in [0.2, 0.25) is 5.95 Å². The molecule has 4 rings (SSSR count). The Morgan fingerprint density at radius 2 is 1.65 bits per heavy atom. The second-order valence-electron chi connectivity index (χ2n) is 7.47. The van der Waals surface area contributed by atoms with Gasteiger partial charge in [-0.1, -0.05) is 0 Å². The second-order valence-corrected chi connectivity index (χ2v) is 7.47. The highest BCUT2D eigenvalue weighted by Crippen LogP contribution is 2.21. The molecule has 0 bridgehead atoms. The maximum atomic E-state index is 4.87. The molecule has 2 aromatic rings. The number of piperazine rings is 1. The van der Waals surface area contributed by atoms with Crippen LogP contribution in [-0.4, -0.2) is 70.5 Å². The summed E-state index contributed by atoms with van der Waals surface area (Å²) >= 11 is 0. The summed E-state index contributed by atoms with van der Waals surface area (Å²) in [7, 11) is 0. The Morgan fingerprint density at radius 3 is 2.35 bits per heavy atom. The lowest BCUT2D eigenvalue weighted by atomic mass is 10.3.